The van der Waals surface area contributed by atoms with Crippen LogP contribution in [0.15, 0.2) is 39.1 Å². The van der Waals surface area contributed by atoms with E-state index in [1.165, 1.54) is 23.1 Å². The molecular weight excluding hydrogens is 322 g/mol. The number of thiazole rings is 1. The molecular formula is C11H8BrNO2S2. The van der Waals surface area contributed by atoms with Gasteiger partial charge in [0.25, 0.3) is 0 Å². The number of hydrogen-bond acceptors (Lipinski definition) is 4. The van der Waals surface area contributed by atoms with Gasteiger partial charge in [-0.1, -0.05) is 39.8 Å². The fourth-order valence-electron chi connectivity index (χ4n) is 1.19. The van der Waals surface area contributed by atoms with Crippen LogP contribution in [0.5, 0.6) is 0 Å². The van der Waals surface area contributed by atoms with Gasteiger partial charge in [-0.25, -0.2) is 4.98 Å². The molecule has 3 nitrogen and oxygen atoms in total. The number of carboxylic acid groups (broad SMARTS) is 1. The summed E-state index contributed by atoms with van der Waals surface area (Å²) in [5.41, 5.74) is 1.04. The molecule has 1 aromatic carbocycles. The highest BCUT2D eigenvalue weighted by atomic mass is 79.9. The van der Waals surface area contributed by atoms with Crippen LogP contribution in [-0.2, 0) is 4.79 Å². The molecule has 0 atom stereocenters. The van der Waals surface area contributed by atoms with Crippen molar-refractivity contribution in [3.63, 3.8) is 0 Å². The Kier molecular flexibility index (Phi) is 4.20. The highest BCUT2D eigenvalue weighted by Gasteiger charge is 2.06. The van der Waals surface area contributed by atoms with Crippen molar-refractivity contribution in [2.75, 3.05) is 5.75 Å². The molecule has 0 bridgehead atoms. The fourth-order valence-corrected chi connectivity index (χ4v) is 3.04. The quantitative estimate of drug-likeness (QED) is 0.868. The standard InChI is InChI=1S/C11H8BrNO2S2/c12-8-3-1-7(2-4-8)11-13-9(5-17-11)16-6-10(14)15/h1-5H,6H2,(H,14,15). The molecule has 0 fully saturated rings. The van der Waals surface area contributed by atoms with Crippen LogP contribution in [0.3, 0.4) is 0 Å². The molecule has 88 valence electrons. The summed E-state index contributed by atoms with van der Waals surface area (Å²) < 4.78 is 1.03. The molecule has 0 aliphatic heterocycles. The first-order valence-corrected chi connectivity index (χ1v) is 7.37. The second-order valence-corrected chi connectivity index (χ2v) is 5.95. The summed E-state index contributed by atoms with van der Waals surface area (Å²) in [6.45, 7) is 0. The maximum absolute atomic E-state index is 10.4. The Bertz CT molecular complexity index is 525. The van der Waals surface area contributed by atoms with Gasteiger partial charge in [0.15, 0.2) is 0 Å². The van der Waals surface area contributed by atoms with E-state index >= 15 is 0 Å². The zero-order chi connectivity index (χ0) is 12.3. The third-order valence-corrected chi connectivity index (χ3v) is 4.38. The SMILES string of the molecule is O=C(O)CSc1csc(-c2ccc(Br)cc2)n1. The lowest BCUT2D eigenvalue weighted by atomic mass is 10.2. The molecule has 0 aliphatic carbocycles. The van der Waals surface area contributed by atoms with Gasteiger partial charge in [0.05, 0.1) is 5.75 Å². The van der Waals surface area contributed by atoms with Crippen molar-refractivity contribution in [2.24, 2.45) is 0 Å². The third-order valence-electron chi connectivity index (χ3n) is 1.92. The number of benzene rings is 1. The second kappa shape index (κ2) is 5.66. The monoisotopic (exact) mass is 329 g/mol. The Morgan fingerprint density at radius 2 is 2.12 bits per heavy atom. The van der Waals surface area contributed by atoms with Crippen molar-refractivity contribution in [1.29, 1.82) is 0 Å². The summed E-state index contributed by atoms with van der Waals surface area (Å²) in [7, 11) is 0. The lowest BCUT2D eigenvalue weighted by Crippen LogP contribution is -1.97. The van der Waals surface area contributed by atoms with Crippen LogP contribution < -0.4 is 0 Å². The van der Waals surface area contributed by atoms with E-state index in [0.717, 1.165) is 20.1 Å². The minimum Gasteiger partial charge on any atom is -0.481 e. The number of halogens is 1. The number of nitrogens with zero attached hydrogens (tertiary/aromatic N) is 1. The highest BCUT2D eigenvalue weighted by molar-refractivity contribution is 9.10. The van der Waals surface area contributed by atoms with E-state index in [2.05, 4.69) is 20.9 Å². The summed E-state index contributed by atoms with van der Waals surface area (Å²) in [5.74, 6) is -0.781. The molecule has 0 amide bonds. The second-order valence-electron chi connectivity index (χ2n) is 3.18. The Morgan fingerprint density at radius 3 is 2.76 bits per heavy atom. The number of thioether (sulfide) groups is 1. The third kappa shape index (κ3) is 3.55. The summed E-state index contributed by atoms with van der Waals surface area (Å²) in [5, 5.41) is 12.1. The fraction of sp³-hybridized carbons (Fsp3) is 0.0909. The van der Waals surface area contributed by atoms with Gasteiger partial charge in [-0.15, -0.1) is 11.3 Å². The summed E-state index contributed by atoms with van der Waals surface area (Å²) in [6, 6.07) is 7.88. The van der Waals surface area contributed by atoms with Crippen molar-refractivity contribution in [3.8, 4) is 10.6 Å². The van der Waals surface area contributed by atoms with E-state index in [1.807, 2.05) is 29.6 Å². The summed E-state index contributed by atoms with van der Waals surface area (Å²) in [6.07, 6.45) is 0. The van der Waals surface area contributed by atoms with Gasteiger partial charge in [-0.3, -0.25) is 4.79 Å². The minimum atomic E-state index is -0.826. The first-order valence-electron chi connectivity index (χ1n) is 4.71. The zero-order valence-electron chi connectivity index (χ0n) is 8.59. The van der Waals surface area contributed by atoms with Crippen molar-refractivity contribution in [1.82, 2.24) is 4.98 Å². The van der Waals surface area contributed by atoms with E-state index in [-0.39, 0.29) is 5.75 Å². The molecule has 0 radical (unpaired) electrons. The smallest absolute Gasteiger partial charge is 0.313 e. The van der Waals surface area contributed by atoms with Gasteiger partial charge in [0.1, 0.15) is 10.0 Å². The molecule has 0 unspecified atom stereocenters. The predicted molar refractivity (Wildman–Crippen MR) is 73.6 cm³/mol. The molecule has 2 rings (SSSR count). The average molecular weight is 330 g/mol. The molecule has 0 aliphatic rings. The Hall–Kier alpha value is -0.850. The van der Waals surface area contributed by atoms with Gasteiger partial charge in [0, 0.05) is 15.4 Å². The maximum Gasteiger partial charge on any atom is 0.313 e. The van der Waals surface area contributed by atoms with Crippen LogP contribution in [-0.4, -0.2) is 21.8 Å². The van der Waals surface area contributed by atoms with Gasteiger partial charge in [-0.05, 0) is 12.1 Å². The summed E-state index contributed by atoms with van der Waals surface area (Å²) >= 11 is 6.14. The van der Waals surface area contributed by atoms with E-state index < -0.39 is 5.97 Å². The number of hydrogen-bond donors (Lipinski definition) is 1. The molecule has 1 N–H and O–H groups in total. The Morgan fingerprint density at radius 1 is 1.41 bits per heavy atom. The van der Waals surface area contributed by atoms with Crippen molar-refractivity contribution < 1.29 is 9.90 Å². The number of rotatable bonds is 4. The average Bonchev–Trinajstić information content (AvgIpc) is 2.76. The van der Waals surface area contributed by atoms with Crippen LogP contribution >= 0.6 is 39.0 Å². The van der Waals surface area contributed by atoms with Crippen LogP contribution in [0.2, 0.25) is 0 Å². The van der Waals surface area contributed by atoms with Crippen molar-refractivity contribution in [2.45, 2.75) is 5.03 Å². The number of aromatic nitrogens is 1. The first-order chi connectivity index (χ1) is 8.15. The van der Waals surface area contributed by atoms with Gasteiger partial charge < -0.3 is 5.11 Å². The Labute approximate surface area is 115 Å². The molecule has 0 saturated heterocycles. The van der Waals surface area contributed by atoms with Crippen LogP contribution in [0.1, 0.15) is 0 Å². The lowest BCUT2D eigenvalue weighted by molar-refractivity contribution is -0.133. The number of carboxylic acids is 1. The Balaban J connectivity index is 2.12. The molecule has 2 aromatic rings. The van der Waals surface area contributed by atoms with Crippen LogP contribution in [0.4, 0.5) is 0 Å². The lowest BCUT2D eigenvalue weighted by Gasteiger charge is -1.96. The summed E-state index contributed by atoms with van der Waals surface area (Å²) in [4.78, 5) is 14.8. The molecule has 1 heterocycles. The topological polar surface area (TPSA) is 50.2 Å². The normalized spacial score (nSPS) is 10.4. The van der Waals surface area contributed by atoms with Crippen molar-refractivity contribution in [3.05, 3.63) is 34.1 Å². The van der Waals surface area contributed by atoms with E-state index in [1.54, 1.807) is 0 Å². The van der Waals surface area contributed by atoms with Crippen LogP contribution in [0.25, 0.3) is 10.6 Å². The van der Waals surface area contributed by atoms with Crippen molar-refractivity contribution >= 4 is 45.0 Å². The molecule has 0 saturated carbocycles. The van der Waals surface area contributed by atoms with Gasteiger partial charge in [0.2, 0.25) is 0 Å². The largest absolute Gasteiger partial charge is 0.481 e. The molecule has 0 spiro atoms. The minimum absolute atomic E-state index is 0.0451. The highest BCUT2D eigenvalue weighted by Crippen LogP contribution is 2.28. The maximum atomic E-state index is 10.4. The number of carbonyl (C=O) groups is 1. The molecule has 1 aromatic heterocycles. The number of aliphatic carboxylic acids is 1. The molecule has 17 heavy (non-hydrogen) atoms. The first kappa shape index (κ1) is 12.6. The van der Waals surface area contributed by atoms with E-state index in [4.69, 9.17) is 5.11 Å². The van der Waals surface area contributed by atoms with E-state index in [9.17, 15) is 4.79 Å². The van der Waals surface area contributed by atoms with Crippen LogP contribution in [0, 0.1) is 0 Å². The zero-order valence-corrected chi connectivity index (χ0v) is 11.8. The van der Waals surface area contributed by atoms with Gasteiger partial charge >= 0.3 is 5.97 Å². The van der Waals surface area contributed by atoms with Gasteiger partial charge in [-0.2, -0.15) is 0 Å². The predicted octanol–water partition coefficient (Wildman–Crippen LogP) is 3.75. The molecule has 6 heteroatoms. The van der Waals surface area contributed by atoms with E-state index in [0.29, 0.717) is 0 Å².